The highest BCUT2D eigenvalue weighted by molar-refractivity contribution is 7.17. The number of carbonyl (C=O) groups excluding carboxylic acids is 4. The van der Waals surface area contributed by atoms with E-state index in [4.69, 9.17) is 14.7 Å². The van der Waals surface area contributed by atoms with Crippen molar-refractivity contribution in [3.8, 4) is 0 Å². The van der Waals surface area contributed by atoms with Crippen molar-refractivity contribution in [2.24, 2.45) is 10.3 Å². The van der Waals surface area contributed by atoms with Gasteiger partial charge in [-0.3, -0.25) is 9.59 Å². The van der Waals surface area contributed by atoms with E-state index in [0.29, 0.717) is 6.42 Å². The van der Waals surface area contributed by atoms with Gasteiger partial charge in [-0.05, 0) is 45.1 Å². The average Bonchev–Trinajstić information content (AvgIpc) is 3.09. The maximum Gasteiger partial charge on any atom is 0.362 e. The van der Waals surface area contributed by atoms with E-state index in [9.17, 15) is 19.2 Å². The lowest BCUT2D eigenvalue weighted by molar-refractivity contribution is -0.136. The van der Waals surface area contributed by atoms with Crippen molar-refractivity contribution < 1.29 is 33.9 Å². The van der Waals surface area contributed by atoms with Gasteiger partial charge in [0.25, 0.3) is 0 Å². The smallest absolute Gasteiger partial charge is 0.362 e. The molecule has 2 amide bonds. The molecule has 30 heavy (non-hydrogen) atoms. The van der Waals surface area contributed by atoms with E-state index in [2.05, 4.69) is 15.6 Å². The molecule has 0 radical (unpaired) electrons. The Bertz CT molecular complexity index is 920. The maximum atomic E-state index is 12.3. The lowest BCUT2D eigenvalue weighted by Gasteiger charge is -2.11. The number of hydrazone groups is 1. The van der Waals surface area contributed by atoms with Crippen LogP contribution < -0.4 is 10.7 Å². The highest BCUT2D eigenvalue weighted by Crippen LogP contribution is 2.38. The number of carbonyl (C=O) groups is 4. The molecule has 12 heteroatoms. The Kier molecular flexibility index (Phi) is 8.04. The average molecular weight is 438 g/mol. The Labute approximate surface area is 176 Å². The molecule has 0 spiro atoms. The van der Waals surface area contributed by atoms with Gasteiger partial charge < -0.3 is 20.0 Å². The number of oxime groups is 1. The molecule has 0 bridgehead atoms. The van der Waals surface area contributed by atoms with Crippen LogP contribution in [0.5, 0.6) is 0 Å². The van der Waals surface area contributed by atoms with Crippen molar-refractivity contribution in [2.75, 3.05) is 19.0 Å². The minimum absolute atomic E-state index is 0.0488. The largest absolute Gasteiger partial charge is 0.465 e. The number of amides is 2. The van der Waals surface area contributed by atoms with Crippen molar-refractivity contribution in [1.29, 1.82) is 0 Å². The normalized spacial score (nSPS) is 13.8. The SMILES string of the molecule is CCOC(=O)C(=N/O)/C(C)=N/NC(=O)C(=O)Nc1sc2c(c1C(=O)OC)CCCC2. The summed E-state index contributed by atoms with van der Waals surface area (Å²) in [6.45, 7) is 2.90. The van der Waals surface area contributed by atoms with E-state index in [1.54, 1.807) is 6.92 Å². The first-order chi connectivity index (χ1) is 14.3. The number of methoxy groups -OCH3 is 1. The molecule has 11 nitrogen and oxygen atoms in total. The van der Waals surface area contributed by atoms with Crippen LogP contribution in [-0.2, 0) is 36.7 Å². The highest BCUT2D eigenvalue weighted by atomic mass is 32.1. The summed E-state index contributed by atoms with van der Waals surface area (Å²) < 4.78 is 9.51. The zero-order chi connectivity index (χ0) is 22.3. The van der Waals surface area contributed by atoms with Crippen molar-refractivity contribution in [2.45, 2.75) is 39.5 Å². The summed E-state index contributed by atoms with van der Waals surface area (Å²) in [5.41, 5.74) is 2.37. The molecule has 2 rings (SSSR count). The van der Waals surface area contributed by atoms with Crippen molar-refractivity contribution in [1.82, 2.24) is 5.43 Å². The van der Waals surface area contributed by atoms with Gasteiger partial charge in [0, 0.05) is 4.88 Å². The Balaban J connectivity index is 2.13. The molecule has 0 aliphatic heterocycles. The zero-order valence-corrected chi connectivity index (χ0v) is 17.6. The Morgan fingerprint density at radius 2 is 1.87 bits per heavy atom. The molecule has 1 aromatic rings. The molecule has 3 N–H and O–H groups in total. The van der Waals surface area contributed by atoms with Gasteiger partial charge in [0.05, 0.1) is 25.0 Å². The molecule has 0 fully saturated rings. The van der Waals surface area contributed by atoms with Crippen LogP contribution in [0.1, 0.15) is 47.5 Å². The van der Waals surface area contributed by atoms with Gasteiger partial charge in [0.15, 0.2) is 0 Å². The summed E-state index contributed by atoms with van der Waals surface area (Å²) in [6.07, 6.45) is 3.38. The van der Waals surface area contributed by atoms with E-state index in [-0.39, 0.29) is 22.9 Å². The fourth-order valence-electron chi connectivity index (χ4n) is 2.83. The fourth-order valence-corrected chi connectivity index (χ4v) is 4.10. The summed E-state index contributed by atoms with van der Waals surface area (Å²) in [5.74, 6) is -3.73. The summed E-state index contributed by atoms with van der Waals surface area (Å²) >= 11 is 1.23. The second kappa shape index (κ2) is 10.5. The van der Waals surface area contributed by atoms with Gasteiger partial charge in [-0.15, -0.1) is 11.3 Å². The number of anilines is 1. The third-order valence-electron chi connectivity index (χ3n) is 4.23. The molecule has 1 aromatic heterocycles. The summed E-state index contributed by atoms with van der Waals surface area (Å²) in [5, 5.41) is 17.9. The minimum Gasteiger partial charge on any atom is -0.465 e. The molecule has 0 atom stereocenters. The van der Waals surface area contributed by atoms with Crippen LogP contribution in [0.4, 0.5) is 5.00 Å². The number of hydrogen-bond donors (Lipinski definition) is 3. The van der Waals surface area contributed by atoms with Crippen molar-refractivity contribution in [3.05, 3.63) is 16.0 Å². The van der Waals surface area contributed by atoms with Crippen molar-refractivity contribution >= 4 is 51.5 Å². The molecule has 0 aromatic carbocycles. The second-order valence-electron chi connectivity index (χ2n) is 6.17. The van der Waals surface area contributed by atoms with Gasteiger partial charge in [0.2, 0.25) is 5.71 Å². The summed E-state index contributed by atoms with van der Waals surface area (Å²) in [7, 11) is 1.24. The Morgan fingerprint density at radius 1 is 1.17 bits per heavy atom. The van der Waals surface area contributed by atoms with Gasteiger partial charge in [-0.2, -0.15) is 5.10 Å². The number of hydrogen-bond acceptors (Lipinski definition) is 10. The first kappa shape index (κ1) is 23.0. The monoisotopic (exact) mass is 438 g/mol. The minimum atomic E-state index is -1.14. The molecular weight excluding hydrogens is 416 g/mol. The van der Waals surface area contributed by atoms with E-state index >= 15 is 0 Å². The molecule has 0 unspecified atom stereocenters. The number of ether oxygens (including phenoxy) is 2. The van der Waals surface area contributed by atoms with Gasteiger partial charge in [-0.25, -0.2) is 15.0 Å². The second-order valence-corrected chi connectivity index (χ2v) is 7.27. The lowest BCUT2D eigenvalue weighted by Crippen LogP contribution is -2.34. The fraction of sp³-hybridized carbons (Fsp3) is 0.444. The first-order valence-electron chi connectivity index (χ1n) is 9.11. The quantitative estimate of drug-likeness (QED) is 0.198. The number of nitrogens with zero attached hydrogens (tertiary/aromatic N) is 2. The van der Waals surface area contributed by atoms with Crippen LogP contribution in [0, 0.1) is 0 Å². The van der Waals surface area contributed by atoms with Gasteiger partial charge in [0.1, 0.15) is 5.00 Å². The topological polar surface area (TPSA) is 156 Å². The van der Waals surface area contributed by atoms with Gasteiger partial charge in [-0.1, -0.05) is 5.16 Å². The van der Waals surface area contributed by atoms with E-state index < -0.39 is 29.5 Å². The van der Waals surface area contributed by atoms with E-state index in [0.717, 1.165) is 29.7 Å². The van der Waals surface area contributed by atoms with Crippen LogP contribution >= 0.6 is 11.3 Å². The molecule has 1 aliphatic rings. The molecule has 1 heterocycles. The van der Waals surface area contributed by atoms with E-state index in [1.165, 1.54) is 25.4 Å². The lowest BCUT2D eigenvalue weighted by atomic mass is 9.95. The van der Waals surface area contributed by atoms with Gasteiger partial charge >= 0.3 is 23.8 Å². The predicted octanol–water partition coefficient (Wildman–Crippen LogP) is 1.24. The number of aryl methyl sites for hydroxylation is 1. The van der Waals surface area contributed by atoms with Crippen LogP contribution in [0.3, 0.4) is 0 Å². The highest BCUT2D eigenvalue weighted by Gasteiger charge is 2.28. The number of esters is 2. The number of fused-ring (bicyclic) bond motifs is 1. The third kappa shape index (κ3) is 5.20. The molecule has 162 valence electrons. The predicted molar refractivity (Wildman–Crippen MR) is 108 cm³/mol. The summed E-state index contributed by atoms with van der Waals surface area (Å²) in [4.78, 5) is 49.2. The maximum absolute atomic E-state index is 12.3. The molecule has 1 aliphatic carbocycles. The van der Waals surface area contributed by atoms with Crippen LogP contribution in [0.2, 0.25) is 0 Å². The summed E-state index contributed by atoms with van der Waals surface area (Å²) in [6, 6.07) is 0. The number of nitrogens with one attached hydrogen (secondary N) is 2. The number of rotatable bonds is 6. The zero-order valence-electron chi connectivity index (χ0n) is 16.7. The standard InChI is InChI=1S/C18H22N4O7S/c1-4-29-18(26)13(22-27)9(2)20-21-15(24)14(23)19-16-12(17(25)28-3)10-7-5-6-8-11(10)30-16/h27H,4-8H2,1-3H3,(H,19,23)(H,21,24)/b20-9+,22-13+. The van der Waals surface area contributed by atoms with Crippen LogP contribution in [0.25, 0.3) is 0 Å². The molecule has 0 saturated carbocycles. The Morgan fingerprint density at radius 3 is 2.50 bits per heavy atom. The van der Waals surface area contributed by atoms with E-state index in [1.807, 2.05) is 5.43 Å². The molecular formula is C18H22N4O7S. The number of thiophene rings is 1. The molecule has 0 saturated heterocycles. The first-order valence-corrected chi connectivity index (χ1v) is 9.93. The van der Waals surface area contributed by atoms with Crippen LogP contribution in [-0.4, -0.2) is 54.1 Å². The Hall–Kier alpha value is -3.28. The van der Waals surface area contributed by atoms with Crippen LogP contribution in [0.15, 0.2) is 10.3 Å². The van der Waals surface area contributed by atoms with Crippen molar-refractivity contribution in [3.63, 3.8) is 0 Å². The third-order valence-corrected chi connectivity index (χ3v) is 5.44.